The Hall–Kier alpha value is -1.81. The number of hydrogen-bond donors (Lipinski definition) is 2. The standard InChI is InChI=1S/C16H16BrNO2/c1-10-7-13(8-11(2)16(10)17)18-15(20)9-12-5-3-4-6-14(12)19/h3-8,19H,9H2,1-2H3,(H,18,20). The van der Waals surface area contributed by atoms with Crippen molar-refractivity contribution >= 4 is 27.5 Å². The third-order valence-corrected chi connectivity index (χ3v) is 4.31. The number of amides is 1. The summed E-state index contributed by atoms with van der Waals surface area (Å²) in [6.45, 7) is 3.96. The largest absolute Gasteiger partial charge is 0.508 e. The van der Waals surface area contributed by atoms with Crippen molar-refractivity contribution in [3.05, 3.63) is 57.6 Å². The fourth-order valence-electron chi connectivity index (χ4n) is 2.06. The molecule has 0 saturated heterocycles. The molecule has 1 amide bonds. The third kappa shape index (κ3) is 3.39. The van der Waals surface area contributed by atoms with Crippen molar-refractivity contribution in [2.45, 2.75) is 20.3 Å². The zero-order chi connectivity index (χ0) is 14.7. The summed E-state index contributed by atoms with van der Waals surface area (Å²) < 4.78 is 1.05. The molecule has 0 unspecified atom stereocenters. The highest BCUT2D eigenvalue weighted by atomic mass is 79.9. The molecule has 104 valence electrons. The van der Waals surface area contributed by atoms with Gasteiger partial charge in [0.15, 0.2) is 0 Å². The monoisotopic (exact) mass is 333 g/mol. The highest BCUT2D eigenvalue weighted by Crippen LogP contribution is 2.25. The van der Waals surface area contributed by atoms with Crippen molar-refractivity contribution < 1.29 is 9.90 Å². The number of nitrogens with one attached hydrogen (secondary N) is 1. The van der Waals surface area contributed by atoms with Crippen molar-refractivity contribution in [1.82, 2.24) is 0 Å². The van der Waals surface area contributed by atoms with Crippen LogP contribution in [0.3, 0.4) is 0 Å². The summed E-state index contributed by atoms with van der Waals surface area (Å²) in [6, 6.07) is 10.7. The van der Waals surface area contributed by atoms with Crippen molar-refractivity contribution in [2.75, 3.05) is 5.32 Å². The lowest BCUT2D eigenvalue weighted by atomic mass is 10.1. The number of hydrogen-bond acceptors (Lipinski definition) is 2. The van der Waals surface area contributed by atoms with Crippen LogP contribution in [0.25, 0.3) is 0 Å². The molecule has 0 atom stereocenters. The van der Waals surface area contributed by atoms with Crippen LogP contribution in [0.2, 0.25) is 0 Å². The van der Waals surface area contributed by atoms with Crippen LogP contribution in [-0.2, 0) is 11.2 Å². The molecule has 0 saturated carbocycles. The number of rotatable bonds is 3. The van der Waals surface area contributed by atoms with Gasteiger partial charge >= 0.3 is 0 Å². The first-order valence-corrected chi connectivity index (χ1v) is 7.10. The minimum absolute atomic E-state index is 0.144. The molecular formula is C16H16BrNO2. The van der Waals surface area contributed by atoms with Gasteiger partial charge < -0.3 is 10.4 Å². The molecule has 0 aliphatic carbocycles. The number of carbonyl (C=O) groups is 1. The van der Waals surface area contributed by atoms with Crippen LogP contribution in [0, 0.1) is 13.8 Å². The Morgan fingerprint density at radius 1 is 1.20 bits per heavy atom. The Morgan fingerprint density at radius 3 is 2.40 bits per heavy atom. The summed E-state index contributed by atoms with van der Waals surface area (Å²) >= 11 is 3.50. The van der Waals surface area contributed by atoms with Gasteiger partial charge in [-0.25, -0.2) is 0 Å². The topological polar surface area (TPSA) is 49.3 Å². The molecule has 0 bridgehead atoms. The van der Waals surface area contributed by atoms with Crippen LogP contribution < -0.4 is 5.32 Å². The zero-order valence-corrected chi connectivity index (χ0v) is 13.0. The number of phenolic OH excluding ortho intramolecular Hbond substituents is 1. The smallest absolute Gasteiger partial charge is 0.228 e. The Balaban J connectivity index is 2.11. The second-order valence-electron chi connectivity index (χ2n) is 4.78. The first-order valence-electron chi connectivity index (χ1n) is 6.31. The third-order valence-electron chi connectivity index (χ3n) is 3.06. The molecule has 2 N–H and O–H groups in total. The van der Waals surface area contributed by atoms with Gasteiger partial charge in [-0.05, 0) is 43.2 Å². The van der Waals surface area contributed by atoms with E-state index in [0.29, 0.717) is 5.56 Å². The van der Waals surface area contributed by atoms with Gasteiger partial charge in [0.1, 0.15) is 5.75 Å². The lowest BCUT2D eigenvalue weighted by Crippen LogP contribution is -2.14. The van der Waals surface area contributed by atoms with E-state index in [-0.39, 0.29) is 18.1 Å². The normalized spacial score (nSPS) is 10.3. The number of aromatic hydroxyl groups is 1. The first kappa shape index (κ1) is 14.6. The Morgan fingerprint density at radius 2 is 1.80 bits per heavy atom. The molecule has 3 nitrogen and oxygen atoms in total. The number of carbonyl (C=O) groups excluding carboxylic acids is 1. The van der Waals surface area contributed by atoms with E-state index in [1.165, 1.54) is 0 Å². The average molecular weight is 334 g/mol. The molecule has 0 radical (unpaired) electrons. The second kappa shape index (κ2) is 6.09. The maximum Gasteiger partial charge on any atom is 0.228 e. The quantitative estimate of drug-likeness (QED) is 0.893. The summed E-state index contributed by atoms with van der Waals surface area (Å²) in [6.07, 6.45) is 0.154. The van der Waals surface area contributed by atoms with E-state index in [4.69, 9.17) is 0 Å². The number of benzene rings is 2. The van der Waals surface area contributed by atoms with E-state index < -0.39 is 0 Å². The highest BCUT2D eigenvalue weighted by molar-refractivity contribution is 9.10. The summed E-state index contributed by atoms with van der Waals surface area (Å²) in [5.74, 6) is -0.00144. The van der Waals surface area contributed by atoms with Gasteiger partial charge in [-0.15, -0.1) is 0 Å². The minimum atomic E-state index is -0.146. The molecule has 20 heavy (non-hydrogen) atoms. The Labute approximate surface area is 126 Å². The molecule has 0 aliphatic heterocycles. The maximum absolute atomic E-state index is 12.0. The highest BCUT2D eigenvalue weighted by Gasteiger charge is 2.09. The predicted molar refractivity (Wildman–Crippen MR) is 84.1 cm³/mol. The van der Waals surface area contributed by atoms with Crippen LogP contribution in [0.1, 0.15) is 16.7 Å². The van der Waals surface area contributed by atoms with Gasteiger partial charge in [-0.3, -0.25) is 4.79 Å². The lowest BCUT2D eigenvalue weighted by Gasteiger charge is -2.10. The maximum atomic E-state index is 12.0. The van der Waals surface area contributed by atoms with E-state index >= 15 is 0 Å². The Bertz CT molecular complexity index is 630. The summed E-state index contributed by atoms with van der Waals surface area (Å²) in [7, 11) is 0. The fraction of sp³-hybridized carbons (Fsp3) is 0.188. The Kier molecular flexibility index (Phi) is 4.45. The van der Waals surface area contributed by atoms with Crippen LogP contribution >= 0.6 is 15.9 Å². The molecule has 2 aromatic carbocycles. The zero-order valence-electron chi connectivity index (χ0n) is 11.4. The number of phenols is 1. The predicted octanol–water partition coefficient (Wildman–Crippen LogP) is 3.95. The molecular weight excluding hydrogens is 318 g/mol. The summed E-state index contributed by atoms with van der Waals surface area (Å²) in [5.41, 5.74) is 3.53. The lowest BCUT2D eigenvalue weighted by molar-refractivity contribution is -0.115. The van der Waals surface area contributed by atoms with E-state index in [0.717, 1.165) is 21.3 Å². The number of halogens is 1. The van der Waals surface area contributed by atoms with E-state index in [1.54, 1.807) is 24.3 Å². The second-order valence-corrected chi connectivity index (χ2v) is 5.57. The first-order chi connectivity index (χ1) is 9.47. The van der Waals surface area contributed by atoms with Gasteiger partial charge in [0.05, 0.1) is 6.42 Å². The van der Waals surface area contributed by atoms with E-state index in [1.807, 2.05) is 26.0 Å². The van der Waals surface area contributed by atoms with Crippen LogP contribution in [0.15, 0.2) is 40.9 Å². The van der Waals surface area contributed by atoms with E-state index in [9.17, 15) is 9.90 Å². The molecule has 0 fully saturated rings. The summed E-state index contributed by atoms with van der Waals surface area (Å²) in [5, 5.41) is 12.5. The molecule has 4 heteroatoms. The SMILES string of the molecule is Cc1cc(NC(=O)Cc2ccccc2O)cc(C)c1Br. The minimum Gasteiger partial charge on any atom is -0.508 e. The fourth-order valence-corrected chi connectivity index (χ4v) is 2.29. The molecule has 2 aromatic rings. The van der Waals surface area contributed by atoms with Gasteiger partial charge in [-0.2, -0.15) is 0 Å². The summed E-state index contributed by atoms with van der Waals surface area (Å²) in [4.78, 5) is 12.0. The molecule has 0 aliphatic rings. The number of para-hydroxylation sites is 1. The van der Waals surface area contributed by atoms with Crippen LogP contribution in [0.4, 0.5) is 5.69 Å². The molecule has 2 rings (SSSR count). The van der Waals surface area contributed by atoms with Gasteiger partial charge in [0, 0.05) is 15.7 Å². The number of anilines is 1. The van der Waals surface area contributed by atoms with Crippen molar-refractivity contribution in [3.63, 3.8) is 0 Å². The van der Waals surface area contributed by atoms with Crippen LogP contribution in [0.5, 0.6) is 5.75 Å². The van der Waals surface area contributed by atoms with Gasteiger partial charge in [0.2, 0.25) is 5.91 Å². The van der Waals surface area contributed by atoms with Gasteiger partial charge in [0.25, 0.3) is 0 Å². The number of aryl methyl sites for hydroxylation is 2. The molecule has 0 heterocycles. The molecule has 0 aromatic heterocycles. The average Bonchev–Trinajstić information content (AvgIpc) is 2.38. The van der Waals surface area contributed by atoms with Gasteiger partial charge in [-0.1, -0.05) is 34.1 Å². The van der Waals surface area contributed by atoms with Crippen LogP contribution in [-0.4, -0.2) is 11.0 Å². The van der Waals surface area contributed by atoms with E-state index in [2.05, 4.69) is 21.2 Å². The van der Waals surface area contributed by atoms with Crippen molar-refractivity contribution in [3.8, 4) is 5.75 Å². The van der Waals surface area contributed by atoms with Crippen molar-refractivity contribution in [2.24, 2.45) is 0 Å². The van der Waals surface area contributed by atoms with Crippen molar-refractivity contribution in [1.29, 1.82) is 0 Å². The molecule has 0 spiro atoms.